The van der Waals surface area contributed by atoms with Gasteiger partial charge in [0.15, 0.2) is 5.75 Å². The Kier molecular flexibility index (Phi) is 4.62. The average Bonchev–Trinajstić information content (AvgIpc) is 2.40. The number of nitrogens with one attached hydrogen (secondary N) is 1. The van der Waals surface area contributed by atoms with Crippen LogP contribution in [-0.2, 0) is 4.57 Å². The highest BCUT2D eigenvalue weighted by Gasteiger charge is 2.20. The quantitative estimate of drug-likeness (QED) is 0.643. The molecular weight excluding hydrogens is 265 g/mol. The van der Waals surface area contributed by atoms with Gasteiger partial charge in [0.25, 0.3) is 0 Å². The van der Waals surface area contributed by atoms with Gasteiger partial charge in [-0.3, -0.25) is 0 Å². The first kappa shape index (κ1) is 12.9. The van der Waals surface area contributed by atoms with Gasteiger partial charge in [-0.2, -0.15) is 0 Å². The summed E-state index contributed by atoms with van der Waals surface area (Å²) in [4.78, 5) is 1.04. The van der Waals surface area contributed by atoms with Crippen LogP contribution in [0.1, 0.15) is 0 Å². The summed E-state index contributed by atoms with van der Waals surface area (Å²) in [6.07, 6.45) is 1.98. The second-order valence-corrected chi connectivity index (χ2v) is 5.24. The molecule has 0 amide bonds. The van der Waals surface area contributed by atoms with Crippen molar-refractivity contribution in [1.29, 1.82) is 0 Å². The lowest BCUT2D eigenvalue weighted by molar-refractivity contribution is 0.510. The Morgan fingerprint density at radius 3 is 2.44 bits per heavy atom. The summed E-state index contributed by atoms with van der Waals surface area (Å²) >= 11 is 1.60. The molecule has 3 nitrogen and oxygen atoms in total. The molecule has 92 valence electrons. The first-order valence-corrected chi connectivity index (χ1v) is 7.80. The second kappa shape index (κ2) is 6.43. The first-order valence-electron chi connectivity index (χ1n) is 5.39. The van der Waals surface area contributed by atoms with Crippen LogP contribution in [-0.4, -0.2) is 6.26 Å². The molecule has 1 N–H and O–H groups in total. The molecule has 0 radical (unpaired) electrons. The van der Waals surface area contributed by atoms with Crippen molar-refractivity contribution < 1.29 is 9.09 Å². The number of rotatable bonds is 5. The van der Waals surface area contributed by atoms with Gasteiger partial charge in [-0.15, -0.1) is 16.8 Å². The van der Waals surface area contributed by atoms with Crippen LogP contribution in [0.5, 0.6) is 5.75 Å². The van der Waals surface area contributed by atoms with Gasteiger partial charge >= 0.3 is 8.18 Å². The third-order valence-corrected chi connectivity index (χ3v) is 3.85. The van der Waals surface area contributed by atoms with Gasteiger partial charge in [0.2, 0.25) is 0 Å². The molecule has 5 heteroatoms. The molecule has 1 atom stereocenters. The van der Waals surface area contributed by atoms with E-state index in [4.69, 9.17) is 4.52 Å². The summed E-state index contributed by atoms with van der Waals surface area (Å²) in [6, 6.07) is 16.8. The number of anilines is 1. The highest BCUT2D eigenvalue weighted by atomic mass is 32.2. The third kappa shape index (κ3) is 3.49. The van der Waals surface area contributed by atoms with Gasteiger partial charge in [0.1, 0.15) is 0 Å². The zero-order valence-electron chi connectivity index (χ0n) is 9.87. The molecule has 2 aromatic rings. The lowest BCUT2D eigenvalue weighted by atomic mass is 10.3. The van der Waals surface area contributed by atoms with E-state index in [0.29, 0.717) is 5.75 Å². The van der Waals surface area contributed by atoms with E-state index < -0.39 is 8.18 Å². The maximum Gasteiger partial charge on any atom is 0.694 e. The van der Waals surface area contributed by atoms with Crippen LogP contribution < -0.4 is 9.61 Å². The van der Waals surface area contributed by atoms with Crippen molar-refractivity contribution in [2.75, 3.05) is 11.3 Å². The fraction of sp³-hybridized carbons (Fsp3) is 0.0769. The minimum absolute atomic E-state index is 0.591. The molecule has 0 aromatic heterocycles. The van der Waals surface area contributed by atoms with Crippen molar-refractivity contribution in [3.8, 4) is 5.75 Å². The smallest absolute Gasteiger partial charge is 0.235 e. The predicted molar refractivity (Wildman–Crippen MR) is 76.5 cm³/mol. The van der Waals surface area contributed by atoms with Crippen molar-refractivity contribution >= 4 is 25.6 Å². The Morgan fingerprint density at radius 2 is 1.72 bits per heavy atom. The highest BCUT2D eigenvalue weighted by molar-refractivity contribution is 7.98. The Balaban J connectivity index is 2.03. The normalized spacial score (nSPS) is 10.8. The van der Waals surface area contributed by atoms with E-state index in [1.807, 2.05) is 48.7 Å². The molecular formula is C13H13NO2PS+. The lowest BCUT2D eigenvalue weighted by Crippen LogP contribution is -1.93. The van der Waals surface area contributed by atoms with Crippen LogP contribution in [0, 0.1) is 0 Å². The average molecular weight is 278 g/mol. The molecule has 0 aliphatic carbocycles. The minimum Gasteiger partial charge on any atom is -0.235 e. The molecule has 0 spiro atoms. The molecule has 0 heterocycles. The van der Waals surface area contributed by atoms with Crippen LogP contribution in [0.15, 0.2) is 59.5 Å². The number of benzene rings is 2. The minimum atomic E-state index is -1.97. The molecule has 1 unspecified atom stereocenters. The van der Waals surface area contributed by atoms with Gasteiger partial charge in [-0.05, 0) is 30.5 Å². The summed E-state index contributed by atoms with van der Waals surface area (Å²) in [5.41, 5.74) is 0.821. The fourth-order valence-corrected chi connectivity index (χ4v) is 2.82. The van der Waals surface area contributed by atoms with E-state index in [1.54, 1.807) is 23.9 Å². The summed E-state index contributed by atoms with van der Waals surface area (Å²) < 4.78 is 17.2. The number of hydrogen-bond acceptors (Lipinski definition) is 3. The largest absolute Gasteiger partial charge is 0.694 e. The lowest BCUT2D eigenvalue weighted by Gasteiger charge is -2.01. The van der Waals surface area contributed by atoms with E-state index in [2.05, 4.69) is 5.09 Å². The summed E-state index contributed by atoms with van der Waals surface area (Å²) in [7, 11) is -1.97. The molecule has 0 bridgehead atoms. The maximum absolute atomic E-state index is 11.9. The van der Waals surface area contributed by atoms with Crippen LogP contribution in [0.25, 0.3) is 0 Å². The van der Waals surface area contributed by atoms with Crippen LogP contribution in [0.2, 0.25) is 0 Å². The zero-order chi connectivity index (χ0) is 12.8. The number of hydrogen-bond donors (Lipinski definition) is 1. The van der Waals surface area contributed by atoms with Crippen LogP contribution >= 0.6 is 19.9 Å². The van der Waals surface area contributed by atoms with Crippen LogP contribution in [0.4, 0.5) is 5.69 Å². The van der Waals surface area contributed by atoms with Crippen molar-refractivity contribution in [2.45, 2.75) is 4.90 Å². The van der Waals surface area contributed by atoms with Crippen molar-refractivity contribution in [1.82, 2.24) is 0 Å². The molecule has 2 rings (SSSR count). The van der Waals surface area contributed by atoms with E-state index in [1.165, 1.54) is 0 Å². The molecule has 18 heavy (non-hydrogen) atoms. The summed E-state index contributed by atoms with van der Waals surface area (Å²) in [5.74, 6) is 0.591. The number of thioether (sulfide) groups is 1. The Hall–Kier alpha value is -1.51. The van der Waals surface area contributed by atoms with Gasteiger partial charge in [-0.25, -0.2) is 4.52 Å². The van der Waals surface area contributed by atoms with E-state index in [9.17, 15) is 4.57 Å². The van der Waals surface area contributed by atoms with Gasteiger partial charge in [0, 0.05) is 9.46 Å². The van der Waals surface area contributed by atoms with Crippen molar-refractivity contribution in [3.05, 3.63) is 54.6 Å². The highest BCUT2D eigenvalue weighted by Crippen LogP contribution is 2.33. The standard InChI is InChI=1S/C13H13NO2PS/c1-18-13-10-6-5-9-12(13)14-17(15)16-11-7-3-2-4-8-11/h2-10H,1H3,(H,14,15)/q+1. The molecule has 0 saturated carbocycles. The molecule has 0 saturated heterocycles. The fourth-order valence-electron chi connectivity index (χ4n) is 1.44. The van der Waals surface area contributed by atoms with E-state index in [-0.39, 0.29) is 0 Å². The Bertz CT molecular complexity index is 534. The van der Waals surface area contributed by atoms with Gasteiger partial charge in [-0.1, -0.05) is 30.3 Å². The number of para-hydroxylation sites is 2. The monoisotopic (exact) mass is 278 g/mol. The van der Waals surface area contributed by atoms with Crippen molar-refractivity contribution in [2.24, 2.45) is 0 Å². The van der Waals surface area contributed by atoms with Gasteiger partial charge in [0.05, 0.1) is 5.69 Å². The second-order valence-electron chi connectivity index (χ2n) is 3.47. The molecule has 0 aliphatic heterocycles. The molecule has 0 aliphatic rings. The SMILES string of the molecule is CSc1ccccc1N[P+](=O)Oc1ccccc1. The van der Waals surface area contributed by atoms with Crippen LogP contribution in [0.3, 0.4) is 0 Å². The van der Waals surface area contributed by atoms with E-state index >= 15 is 0 Å². The zero-order valence-corrected chi connectivity index (χ0v) is 11.6. The Labute approximate surface area is 111 Å². The third-order valence-electron chi connectivity index (χ3n) is 2.25. The maximum atomic E-state index is 11.9. The van der Waals surface area contributed by atoms with Gasteiger partial charge < -0.3 is 0 Å². The van der Waals surface area contributed by atoms with E-state index in [0.717, 1.165) is 10.6 Å². The molecule has 2 aromatic carbocycles. The Morgan fingerprint density at radius 1 is 1.06 bits per heavy atom. The summed E-state index contributed by atoms with van der Waals surface area (Å²) in [6.45, 7) is 0. The topological polar surface area (TPSA) is 38.3 Å². The van der Waals surface area contributed by atoms with Crippen molar-refractivity contribution in [3.63, 3.8) is 0 Å². The first-order chi connectivity index (χ1) is 8.79. The predicted octanol–water partition coefficient (Wildman–Crippen LogP) is 4.56. The molecule has 0 fully saturated rings. The summed E-state index contributed by atoms with van der Waals surface area (Å²) in [5, 5.41) is 2.88.